The Hall–Kier alpha value is -2.09. The molecule has 0 aliphatic rings. The molecule has 2 nitrogen and oxygen atoms in total. The number of hydrogen-bond donors (Lipinski definition) is 1. The summed E-state index contributed by atoms with van der Waals surface area (Å²) in [5, 5.41) is 2.93. The van der Waals surface area contributed by atoms with Crippen LogP contribution in [0.5, 0.6) is 0 Å². The van der Waals surface area contributed by atoms with Crippen LogP contribution < -0.4 is 5.32 Å². The van der Waals surface area contributed by atoms with Gasteiger partial charge in [-0.05, 0) is 43.2 Å². The summed E-state index contributed by atoms with van der Waals surface area (Å²) in [7, 11) is 0. The minimum atomic E-state index is -0.0701. The molecule has 2 rings (SSSR count). The molecule has 0 radical (unpaired) electrons. The van der Waals surface area contributed by atoms with Crippen molar-refractivity contribution < 1.29 is 4.79 Å². The summed E-state index contributed by atoms with van der Waals surface area (Å²) in [6.45, 7) is 4.00. The van der Waals surface area contributed by atoms with E-state index in [0.29, 0.717) is 5.56 Å². The molecule has 0 heterocycles. The molecule has 0 fully saturated rings. The van der Waals surface area contributed by atoms with Gasteiger partial charge in [0.2, 0.25) is 0 Å². The number of carbonyl (C=O) groups excluding carboxylic acids is 1. The predicted molar refractivity (Wildman–Crippen MR) is 70.3 cm³/mol. The first kappa shape index (κ1) is 11.4. The number of anilines is 1. The van der Waals surface area contributed by atoms with Crippen LogP contribution in [0.1, 0.15) is 21.5 Å². The van der Waals surface area contributed by atoms with E-state index in [4.69, 9.17) is 0 Å². The number of amides is 1. The van der Waals surface area contributed by atoms with E-state index in [1.807, 2.05) is 50.2 Å². The van der Waals surface area contributed by atoms with E-state index in [2.05, 4.69) is 5.32 Å². The largest absolute Gasteiger partial charge is 0.322 e. The van der Waals surface area contributed by atoms with Gasteiger partial charge in [-0.25, -0.2) is 0 Å². The highest BCUT2D eigenvalue weighted by Crippen LogP contribution is 2.17. The van der Waals surface area contributed by atoms with Gasteiger partial charge < -0.3 is 5.32 Å². The first-order valence-corrected chi connectivity index (χ1v) is 5.60. The van der Waals surface area contributed by atoms with Crippen molar-refractivity contribution in [2.24, 2.45) is 0 Å². The van der Waals surface area contributed by atoms with Crippen molar-refractivity contribution >= 4 is 11.6 Å². The Morgan fingerprint density at radius 2 is 1.71 bits per heavy atom. The van der Waals surface area contributed by atoms with E-state index < -0.39 is 0 Å². The van der Waals surface area contributed by atoms with E-state index in [-0.39, 0.29) is 5.91 Å². The van der Waals surface area contributed by atoms with Crippen molar-refractivity contribution in [1.29, 1.82) is 0 Å². The summed E-state index contributed by atoms with van der Waals surface area (Å²) in [6, 6.07) is 15.3. The van der Waals surface area contributed by atoms with Crippen LogP contribution in [0.4, 0.5) is 5.69 Å². The monoisotopic (exact) mass is 225 g/mol. The molecule has 0 aliphatic heterocycles. The quantitative estimate of drug-likeness (QED) is 0.832. The SMILES string of the molecule is Cc1ccc(C)c(NC(=O)c2ccccc2)c1. The second kappa shape index (κ2) is 4.83. The molecule has 0 atom stereocenters. The standard InChI is InChI=1S/C15H15NO/c1-11-8-9-12(2)14(10-11)16-15(17)13-6-4-3-5-7-13/h3-10H,1-2H3,(H,16,17). The molecule has 0 aromatic heterocycles. The van der Waals surface area contributed by atoms with Crippen molar-refractivity contribution in [3.8, 4) is 0 Å². The summed E-state index contributed by atoms with van der Waals surface area (Å²) in [5.41, 5.74) is 3.76. The fraction of sp³-hybridized carbons (Fsp3) is 0.133. The molecule has 2 aromatic rings. The summed E-state index contributed by atoms with van der Waals surface area (Å²) >= 11 is 0. The van der Waals surface area contributed by atoms with Crippen LogP contribution >= 0.6 is 0 Å². The number of hydrogen-bond acceptors (Lipinski definition) is 1. The number of carbonyl (C=O) groups is 1. The second-order valence-corrected chi connectivity index (χ2v) is 4.14. The Kier molecular flexibility index (Phi) is 3.24. The first-order valence-electron chi connectivity index (χ1n) is 5.60. The zero-order valence-electron chi connectivity index (χ0n) is 10.0. The van der Waals surface area contributed by atoms with Crippen LogP contribution in [-0.2, 0) is 0 Å². The van der Waals surface area contributed by atoms with Crippen molar-refractivity contribution in [1.82, 2.24) is 0 Å². The van der Waals surface area contributed by atoms with Gasteiger partial charge in [0.25, 0.3) is 5.91 Å². The predicted octanol–water partition coefficient (Wildman–Crippen LogP) is 3.56. The maximum Gasteiger partial charge on any atom is 0.255 e. The van der Waals surface area contributed by atoms with Crippen molar-refractivity contribution in [3.63, 3.8) is 0 Å². The lowest BCUT2D eigenvalue weighted by Gasteiger charge is -2.09. The zero-order chi connectivity index (χ0) is 12.3. The Bertz CT molecular complexity index is 532. The Balaban J connectivity index is 2.22. The first-order chi connectivity index (χ1) is 8.16. The Morgan fingerprint density at radius 1 is 1.00 bits per heavy atom. The van der Waals surface area contributed by atoms with E-state index in [1.165, 1.54) is 0 Å². The van der Waals surface area contributed by atoms with Crippen molar-refractivity contribution in [2.75, 3.05) is 5.32 Å². The van der Waals surface area contributed by atoms with Crippen molar-refractivity contribution in [3.05, 3.63) is 65.2 Å². The molecule has 0 unspecified atom stereocenters. The Labute approximate surface area is 101 Å². The van der Waals surface area contributed by atoms with Gasteiger partial charge in [0.15, 0.2) is 0 Å². The van der Waals surface area contributed by atoms with Crippen LogP contribution in [0.3, 0.4) is 0 Å². The summed E-state index contributed by atoms with van der Waals surface area (Å²) in [4.78, 5) is 12.0. The lowest BCUT2D eigenvalue weighted by atomic mass is 10.1. The number of aryl methyl sites for hydroxylation is 2. The summed E-state index contributed by atoms with van der Waals surface area (Å²) < 4.78 is 0. The minimum Gasteiger partial charge on any atom is -0.322 e. The molecule has 1 amide bonds. The van der Waals surface area contributed by atoms with E-state index in [0.717, 1.165) is 16.8 Å². The maximum absolute atomic E-state index is 12.0. The van der Waals surface area contributed by atoms with E-state index >= 15 is 0 Å². The van der Waals surface area contributed by atoms with Crippen molar-refractivity contribution in [2.45, 2.75) is 13.8 Å². The summed E-state index contributed by atoms with van der Waals surface area (Å²) in [6.07, 6.45) is 0. The van der Waals surface area contributed by atoms with Gasteiger partial charge in [0.05, 0.1) is 0 Å². The number of nitrogens with one attached hydrogen (secondary N) is 1. The molecule has 2 heteroatoms. The van der Waals surface area contributed by atoms with Crippen LogP contribution in [0.15, 0.2) is 48.5 Å². The molecule has 0 saturated carbocycles. The highest BCUT2D eigenvalue weighted by atomic mass is 16.1. The molecule has 2 aromatic carbocycles. The lowest BCUT2D eigenvalue weighted by Crippen LogP contribution is -2.12. The molecule has 0 bridgehead atoms. The number of rotatable bonds is 2. The van der Waals surface area contributed by atoms with Gasteiger partial charge in [-0.3, -0.25) is 4.79 Å². The van der Waals surface area contributed by atoms with Gasteiger partial charge in [-0.15, -0.1) is 0 Å². The maximum atomic E-state index is 12.0. The van der Waals surface area contributed by atoms with Crippen LogP contribution in [0, 0.1) is 13.8 Å². The van der Waals surface area contributed by atoms with Crippen LogP contribution in [-0.4, -0.2) is 5.91 Å². The smallest absolute Gasteiger partial charge is 0.255 e. The van der Waals surface area contributed by atoms with Gasteiger partial charge >= 0.3 is 0 Å². The molecule has 0 aliphatic carbocycles. The van der Waals surface area contributed by atoms with E-state index in [9.17, 15) is 4.79 Å². The summed E-state index contributed by atoms with van der Waals surface area (Å²) in [5.74, 6) is -0.0701. The van der Waals surface area contributed by atoms with Crippen LogP contribution in [0.2, 0.25) is 0 Å². The van der Waals surface area contributed by atoms with Crippen LogP contribution in [0.25, 0.3) is 0 Å². The molecular weight excluding hydrogens is 210 g/mol. The van der Waals surface area contributed by atoms with Gasteiger partial charge in [0, 0.05) is 11.3 Å². The second-order valence-electron chi connectivity index (χ2n) is 4.14. The van der Waals surface area contributed by atoms with E-state index in [1.54, 1.807) is 12.1 Å². The average Bonchev–Trinajstić information content (AvgIpc) is 2.35. The van der Waals surface area contributed by atoms with Gasteiger partial charge in [-0.2, -0.15) is 0 Å². The minimum absolute atomic E-state index is 0.0701. The zero-order valence-corrected chi connectivity index (χ0v) is 10.0. The molecule has 0 spiro atoms. The molecule has 86 valence electrons. The van der Waals surface area contributed by atoms with Gasteiger partial charge in [0.1, 0.15) is 0 Å². The molecular formula is C15H15NO. The highest BCUT2D eigenvalue weighted by Gasteiger charge is 2.06. The molecule has 17 heavy (non-hydrogen) atoms. The lowest BCUT2D eigenvalue weighted by molar-refractivity contribution is 0.102. The highest BCUT2D eigenvalue weighted by molar-refractivity contribution is 6.04. The third-order valence-corrected chi connectivity index (χ3v) is 2.68. The topological polar surface area (TPSA) is 29.1 Å². The molecule has 1 N–H and O–H groups in total. The molecule has 0 saturated heterocycles. The Morgan fingerprint density at radius 3 is 2.41 bits per heavy atom. The fourth-order valence-corrected chi connectivity index (χ4v) is 1.65. The average molecular weight is 225 g/mol. The third-order valence-electron chi connectivity index (χ3n) is 2.68. The van der Waals surface area contributed by atoms with Gasteiger partial charge in [-0.1, -0.05) is 30.3 Å². The fourth-order valence-electron chi connectivity index (χ4n) is 1.65. The number of benzene rings is 2. The normalized spacial score (nSPS) is 10.0. The third kappa shape index (κ3) is 2.72.